The highest BCUT2D eigenvalue weighted by Crippen LogP contribution is 2.27. The molecule has 5 nitrogen and oxygen atoms in total. The third-order valence-electron chi connectivity index (χ3n) is 2.16. The molecule has 0 radical (unpaired) electrons. The van der Waals surface area contributed by atoms with Gasteiger partial charge in [-0.25, -0.2) is 4.98 Å². The summed E-state index contributed by atoms with van der Waals surface area (Å²) in [5, 5.41) is 11.9. The van der Waals surface area contributed by atoms with E-state index in [0.717, 1.165) is 0 Å². The monoisotopic (exact) mass is 234 g/mol. The van der Waals surface area contributed by atoms with Crippen molar-refractivity contribution in [1.29, 1.82) is 0 Å². The van der Waals surface area contributed by atoms with E-state index in [0.29, 0.717) is 16.7 Å². The molecular weight excluding hydrogens is 228 g/mol. The average Bonchev–Trinajstić information content (AvgIpc) is 2.26. The number of benzene rings is 1. The van der Waals surface area contributed by atoms with Crippen molar-refractivity contribution in [3.8, 4) is 0 Å². The summed E-state index contributed by atoms with van der Waals surface area (Å²) in [7, 11) is 0. The minimum atomic E-state index is -0.605. The molecule has 80 valence electrons. The van der Waals surface area contributed by atoms with Gasteiger partial charge in [-0.1, -0.05) is 6.07 Å². The second-order valence-electron chi connectivity index (χ2n) is 3.12. The molecule has 0 atom stereocenters. The Kier molecular flexibility index (Phi) is 2.57. The highest BCUT2D eigenvalue weighted by molar-refractivity contribution is 7.80. The van der Waals surface area contributed by atoms with E-state index >= 15 is 0 Å². The molecule has 2 rings (SSSR count). The molecule has 6 heteroatoms. The first-order chi connectivity index (χ1) is 7.63. The predicted molar refractivity (Wildman–Crippen MR) is 61.0 cm³/mol. The molecule has 1 aromatic heterocycles. The first-order valence-electron chi connectivity index (χ1n) is 4.36. The van der Waals surface area contributed by atoms with Gasteiger partial charge in [-0.3, -0.25) is 14.9 Å². The van der Waals surface area contributed by atoms with Crippen molar-refractivity contribution in [2.45, 2.75) is 5.03 Å². The number of thiol groups is 1. The van der Waals surface area contributed by atoms with Crippen LogP contribution < -0.4 is 0 Å². The molecule has 0 spiro atoms. The molecule has 0 bridgehead atoms. The van der Waals surface area contributed by atoms with Crippen molar-refractivity contribution in [3.05, 3.63) is 39.9 Å². The van der Waals surface area contributed by atoms with Crippen LogP contribution in [0.5, 0.6) is 0 Å². The normalized spacial score (nSPS) is 10.3. The topological polar surface area (TPSA) is 73.1 Å². The van der Waals surface area contributed by atoms with E-state index in [1.165, 1.54) is 6.07 Å². The van der Waals surface area contributed by atoms with Crippen molar-refractivity contribution < 1.29 is 9.72 Å². The number of aromatic nitrogens is 1. The van der Waals surface area contributed by atoms with Gasteiger partial charge in [0.25, 0.3) is 0 Å². The largest absolute Gasteiger partial charge is 0.305 e. The van der Waals surface area contributed by atoms with Crippen molar-refractivity contribution in [2.75, 3.05) is 0 Å². The number of hydrogen-bond acceptors (Lipinski definition) is 5. The summed E-state index contributed by atoms with van der Waals surface area (Å²) in [6, 6.07) is 6.33. The second-order valence-corrected chi connectivity index (χ2v) is 3.58. The molecule has 0 N–H and O–H groups in total. The molecule has 0 aliphatic rings. The summed E-state index contributed by atoms with van der Waals surface area (Å²) in [5.41, 5.74) is -0.0746. The van der Waals surface area contributed by atoms with Gasteiger partial charge in [0.15, 0.2) is 6.29 Å². The van der Waals surface area contributed by atoms with Gasteiger partial charge in [-0.05, 0) is 18.2 Å². The Bertz CT molecular complexity index is 598. The third-order valence-corrected chi connectivity index (χ3v) is 2.41. The fourth-order valence-electron chi connectivity index (χ4n) is 1.47. The zero-order chi connectivity index (χ0) is 11.7. The molecule has 1 aromatic carbocycles. The number of carbonyl (C=O) groups is 1. The van der Waals surface area contributed by atoms with Gasteiger partial charge < -0.3 is 0 Å². The fraction of sp³-hybridized carbons (Fsp3) is 0. The van der Waals surface area contributed by atoms with Gasteiger partial charge in [0, 0.05) is 5.39 Å². The maximum atomic E-state index is 10.9. The lowest BCUT2D eigenvalue weighted by molar-refractivity contribution is -0.383. The number of hydrogen-bond donors (Lipinski definition) is 1. The number of nitro groups is 1. The first kappa shape index (κ1) is 10.6. The number of pyridine rings is 1. The quantitative estimate of drug-likeness (QED) is 0.374. The van der Waals surface area contributed by atoms with Crippen molar-refractivity contribution in [3.63, 3.8) is 0 Å². The SMILES string of the molecule is O=Cc1ccc2ccc(S)nc2c1[N+](=O)[O-]. The Balaban J connectivity index is 2.92. The summed E-state index contributed by atoms with van der Waals surface area (Å²) in [6.07, 6.45) is 0.449. The van der Waals surface area contributed by atoms with Gasteiger partial charge >= 0.3 is 5.69 Å². The van der Waals surface area contributed by atoms with Crippen LogP contribution in [-0.4, -0.2) is 16.2 Å². The van der Waals surface area contributed by atoms with Crippen LogP contribution in [0.4, 0.5) is 5.69 Å². The maximum absolute atomic E-state index is 10.9. The van der Waals surface area contributed by atoms with E-state index in [9.17, 15) is 14.9 Å². The average molecular weight is 234 g/mol. The van der Waals surface area contributed by atoms with Crippen LogP contribution in [0, 0.1) is 10.1 Å². The molecule has 1 heterocycles. The zero-order valence-corrected chi connectivity index (χ0v) is 8.85. The molecule has 16 heavy (non-hydrogen) atoms. The molecule has 0 fully saturated rings. The number of nitrogens with zero attached hydrogens (tertiary/aromatic N) is 2. The number of fused-ring (bicyclic) bond motifs is 1. The highest BCUT2D eigenvalue weighted by atomic mass is 32.1. The van der Waals surface area contributed by atoms with Crippen molar-refractivity contribution in [1.82, 2.24) is 4.98 Å². The first-order valence-corrected chi connectivity index (χ1v) is 4.80. The molecule has 0 amide bonds. The van der Waals surface area contributed by atoms with Gasteiger partial charge in [-0.2, -0.15) is 0 Å². The van der Waals surface area contributed by atoms with Crippen LogP contribution in [-0.2, 0) is 0 Å². The molecule has 2 aromatic rings. The fourth-order valence-corrected chi connectivity index (χ4v) is 1.64. The molecule has 0 unspecified atom stereocenters. The Hall–Kier alpha value is -1.95. The summed E-state index contributed by atoms with van der Waals surface area (Å²) in [6.45, 7) is 0. The van der Waals surface area contributed by atoms with Crippen LogP contribution in [0.1, 0.15) is 10.4 Å². The standard InChI is InChI=1S/C10H6N2O3S/c13-5-7-2-1-6-3-4-8(16)11-9(6)10(7)12(14)15/h1-5H,(H,11,16). The van der Waals surface area contributed by atoms with Crippen LogP contribution in [0.3, 0.4) is 0 Å². The Morgan fingerprint density at radius 1 is 1.31 bits per heavy atom. The van der Waals surface area contributed by atoms with Crippen LogP contribution in [0.25, 0.3) is 10.9 Å². The maximum Gasteiger partial charge on any atom is 0.305 e. The van der Waals surface area contributed by atoms with E-state index < -0.39 is 4.92 Å². The Morgan fingerprint density at radius 2 is 2.00 bits per heavy atom. The van der Waals surface area contributed by atoms with Gasteiger partial charge in [-0.15, -0.1) is 12.6 Å². The van der Waals surface area contributed by atoms with E-state index in [1.807, 2.05) is 0 Å². The van der Waals surface area contributed by atoms with Gasteiger partial charge in [0.1, 0.15) is 5.52 Å². The second kappa shape index (κ2) is 3.90. The lowest BCUT2D eigenvalue weighted by Crippen LogP contribution is -1.97. The summed E-state index contributed by atoms with van der Waals surface area (Å²) >= 11 is 4.02. The molecule has 0 aliphatic heterocycles. The van der Waals surface area contributed by atoms with Gasteiger partial charge in [0.2, 0.25) is 0 Å². The molecule has 0 saturated heterocycles. The number of aldehydes is 1. The summed E-state index contributed by atoms with van der Waals surface area (Å²) < 4.78 is 0. The smallest absolute Gasteiger partial charge is 0.298 e. The van der Waals surface area contributed by atoms with Crippen LogP contribution in [0.15, 0.2) is 29.3 Å². The number of carbonyl (C=O) groups excluding carboxylic acids is 1. The number of nitro benzene ring substituents is 1. The molecular formula is C10H6N2O3S. The van der Waals surface area contributed by atoms with E-state index in [2.05, 4.69) is 17.6 Å². The number of rotatable bonds is 2. The lowest BCUT2D eigenvalue weighted by Gasteiger charge is -2.01. The Labute approximate surface area is 95.7 Å². The minimum Gasteiger partial charge on any atom is -0.298 e. The molecule has 0 aliphatic carbocycles. The Morgan fingerprint density at radius 3 is 2.62 bits per heavy atom. The van der Waals surface area contributed by atoms with E-state index in [4.69, 9.17) is 0 Å². The summed E-state index contributed by atoms with van der Waals surface area (Å²) in [4.78, 5) is 25.0. The lowest BCUT2D eigenvalue weighted by atomic mass is 10.1. The zero-order valence-electron chi connectivity index (χ0n) is 7.95. The predicted octanol–water partition coefficient (Wildman–Crippen LogP) is 2.24. The van der Waals surface area contributed by atoms with E-state index in [1.54, 1.807) is 18.2 Å². The van der Waals surface area contributed by atoms with E-state index in [-0.39, 0.29) is 16.8 Å². The summed E-state index contributed by atoms with van der Waals surface area (Å²) in [5.74, 6) is 0. The molecule has 0 saturated carbocycles. The van der Waals surface area contributed by atoms with Crippen LogP contribution in [0.2, 0.25) is 0 Å². The van der Waals surface area contributed by atoms with Gasteiger partial charge in [0.05, 0.1) is 15.5 Å². The minimum absolute atomic E-state index is 0.0175. The van der Waals surface area contributed by atoms with Crippen LogP contribution >= 0.6 is 12.6 Å². The van der Waals surface area contributed by atoms with Crippen molar-refractivity contribution >= 4 is 35.5 Å². The third kappa shape index (κ3) is 1.63. The van der Waals surface area contributed by atoms with Crippen molar-refractivity contribution in [2.24, 2.45) is 0 Å². The highest BCUT2D eigenvalue weighted by Gasteiger charge is 2.19.